The van der Waals surface area contributed by atoms with Crippen LogP contribution in [0.3, 0.4) is 0 Å². The maximum Gasteiger partial charge on any atom is 0.0953 e. The van der Waals surface area contributed by atoms with Gasteiger partial charge in [0.15, 0.2) is 0 Å². The van der Waals surface area contributed by atoms with E-state index in [4.69, 9.17) is 27.6 Å². The van der Waals surface area contributed by atoms with E-state index in [1.54, 1.807) is 12.5 Å². The van der Waals surface area contributed by atoms with E-state index in [1.165, 1.54) is 0 Å². The molecule has 0 amide bonds. The highest BCUT2D eigenvalue weighted by Crippen LogP contribution is 2.34. The number of hydrogen-bond acceptors (Lipinski definition) is 2. The predicted octanol–water partition coefficient (Wildman–Crippen LogP) is 4.68. The third-order valence-corrected chi connectivity index (χ3v) is 3.42. The zero-order valence-electron chi connectivity index (χ0n) is 10.1. The summed E-state index contributed by atoms with van der Waals surface area (Å²) in [4.78, 5) is 0. The Morgan fingerprint density at radius 1 is 1.22 bits per heavy atom. The summed E-state index contributed by atoms with van der Waals surface area (Å²) in [6.07, 6.45) is 4.41. The molecule has 0 saturated carbocycles. The van der Waals surface area contributed by atoms with Crippen molar-refractivity contribution >= 4 is 23.2 Å². The molecule has 1 aromatic heterocycles. The van der Waals surface area contributed by atoms with Gasteiger partial charge in [-0.1, -0.05) is 36.2 Å². The topological polar surface area (TPSA) is 25.2 Å². The van der Waals surface area contributed by atoms with Gasteiger partial charge in [0.25, 0.3) is 0 Å². The zero-order valence-corrected chi connectivity index (χ0v) is 11.6. The lowest BCUT2D eigenvalue weighted by molar-refractivity contribution is 0.548. The molecule has 0 spiro atoms. The van der Waals surface area contributed by atoms with Crippen molar-refractivity contribution in [2.24, 2.45) is 0 Å². The van der Waals surface area contributed by atoms with E-state index >= 15 is 0 Å². The lowest BCUT2D eigenvalue weighted by Crippen LogP contribution is -2.23. The monoisotopic (exact) mass is 283 g/mol. The standard InChI is InChI=1S/C14H15Cl2NO/c1-2-7-17-14(10-6-8-18-9-10)13-11(15)4-3-5-12(13)16/h3-6,8-9,14,17H,2,7H2,1H3. The Morgan fingerprint density at radius 3 is 2.50 bits per heavy atom. The first-order valence-corrected chi connectivity index (χ1v) is 6.69. The fraction of sp³-hybridized carbons (Fsp3) is 0.286. The Kier molecular flexibility index (Phi) is 4.70. The highest BCUT2D eigenvalue weighted by Gasteiger charge is 2.20. The number of rotatable bonds is 5. The molecule has 0 fully saturated rings. The maximum absolute atomic E-state index is 6.27. The van der Waals surface area contributed by atoms with E-state index in [1.807, 2.05) is 24.3 Å². The van der Waals surface area contributed by atoms with Gasteiger partial charge < -0.3 is 9.73 Å². The molecule has 0 aliphatic carbocycles. The van der Waals surface area contributed by atoms with Crippen LogP contribution in [-0.2, 0) is 0 Å². The Morgan fingerprint density at radius 2 is 1.94 bits per heavy atom. The minimum Gasteiger partial charge on any atom is -0.472 e. The van der Waals surface area contributed by atoms with E-state index in [0.29, 0.717) is 10.0 Å². The molecule has 1 N–H and O–H groups in total. The second kappa shape index (κ2) is 6.28. The summed E-state index contributed by atoms with van der Waals surface area (Å²) in [5.41, 5.74) is 1.93. The van der Waals surface area contributed by atoms with E-state index < -0.39 is 0 Å². The Labute approximate surface area is 117 Å². The number of benzene rings is 1. The van der Waals surface area contributed by atoms with Crippen LogP contribution in [0.25, 0.3) is 0 Å². The maximum atomic E-state index is 6.27. The van der Waals surface area contributed by atoms with Gasteiger partial charge in [-0.25, -0.2) is 0 Å². The molecule has 0 saturated heterocycles. The van der Waals surface area contributed by atoms with E-state index in [2.05, 4.69) is 12.2 Å². The summed E-state index contributed by atoms with van der Waals surface area (Å²) < 4.78 is 5.15. The van der Waals surface area contributed by atoms with Crippen molar-refractivity contribution in [2.75, 3.05) is 6.54 Å². The van der Waals surface area contributed by atoms with E-state index in [-0.39, 0.29) is 6.04 Å². The third kappa shape index (κ3) is 2.89. The molecule has 0 aliphatic heterocycles. The van der Waals surface area contributed by atoms with Crippen molar-refractivity contribution in [1.29, 1.82) is 0 Å². The first-order valence-electron chi connectivity index (χ1n) is 5.93. The van der Waals surface area contributed by atoms with Crippen molar-refractivity contribution in [2.45, 2.75) is 19.4 Å². The summed E-state index contributed by atoms with van der Waals surface area (Å²) in [5.74, 6) is 0. The van der Waals surface area contributed by atoms with Gasteiger partial charge in [-0.3, -0.25) is 0 Å². The van der Waals surface area contributed by atoms with Crippen molar-refractivity contribution in [3.8, 4) is 0 Å². The summed E-state index contributed by atoms with van der Waals surface area (Å²) in [5, 5.41) is 4.77. The molecular formula is C14H15Cl2NO. The summed E-state index contributed by atoms with van der Waals surface area (Å²) >= 11 is 12.5. The van der Waals surface area contributed by atoms with Gasteiger partial charge in [0.2, 0.25) is 0 Å². The third-order valence-electron chi connectivity index (χ3n) is 2.76. The number of furan rings is 1. The van der Waals surface area contributed by atoms with Gasteiger partial charge >= 0.3 is 0 Å². The molecule has 1 aromatic carbocycles. The molecule has 18 heavy (non-hydrogen) atoms. The van der Waals surface area contributed by atoms with Gasteiger partial charge in [0.05, 0.1) is 18.6 Å². The first kappa shape index (κ1) is 13.5. The molecule has 2 nitrogen and oxygen atoms in total. The fourth-order valence-corrected chi connectivity index (χ4v) is 2.52. The summed E-state index contributed by atoms with van der Waals surface area (Å²) in [6, 6.07) is 7.44. The van der Waals surface area contributed by atoms with Gasteiger partial charge in [0, 0.05) is 21.2 Å². The van der Waals surface area contributed by atoms with Crippen molar-refractivity contribution < 1.29 is 4.42 Å². The highest BCUT2D eigenvalue weighted by molar-refractivity contribution is 6.36. The summed E-state index contributed by atoms with van der Waals surface area (Å²) in [6.45, 7) is 3.00. The van der Waals surface area contributed by atoms with Gasteiger partial charge in [-0.2, -0.15) is 0 Å². The molecule has 1 unspecified atom stereocenters. The van der Waals surface area contributed by atoms with Crippen LogP contribution in [0.2, 0.25) is 10.0 Å². The molecule has 4 heteroatoms. The van der Waals surface area contributed by atoms with Gasteiger partial charge in [-0.05, 0) is 31.2 Å². The molecule has 0 radical (unpaired) electrons. The second-order valence-corrected chi connectivity index (χ2v) is 4.89. The minimum absolute atomic E-state index is 0.0371. The predicted molar refractivity (Wildman–Crippen MR) is 75.3 cm³/mol. The lowest BCUT2D eigenvalue weighted by atomic mass is 10.0. The van der Waals surface area contributed by atoms with Crippen LogP contribution < -0.4 is 5.32 Å². The SMILES string of the molecule is CCCNC(c1ccoc1)c1c(Cl)cccc1Cl. The van der Waals surface area contributed by atoms with Gasteiger partial charge in [-0.15, -0.1) is 0 Å². The van der Waals surface area contributed by atoms with Crippen LogP contribution in [0.1, 0.15) is 30.5 Å². The molecule has 2 aromatic rings. The molecule has 1 heterocycles. The lowest BCUT2D eigenvalue weighted by Gasteiger charge is -2.20. The zero-order chi connectivity index (χ0) is 13.0. The number of halogens is 2. The Bertz CT molecular complexity index is 476. The average Bonchev–Trinajstić information content (AvgIpc) is 2.86. The second-order valence-electron chi connectivity index (χ2n) is 4.08. The van der Waals surface area contributed by atoms with E-state index in [0.717, 1.165) is 24.1 Å². The van der Waals surface area contributed by atoms with Crippen LogP contribution in [0.5, 0.6) is 0 Å². The van der Waals surface area contributed by atoms with Crippen LogP contribution >= 0.6 is 23.2 Å². The Hall–Kier alpha value is -0.960. The quantitative estimate of drug-likeness (QED) is 0.862. The highest BCUT2D eigenvalue weighted by atomic mass is 35.5. The van der Waals surface area contributed by atoms with Crippen LogP contribution in [-0.4, -0.2) is 6.54 Å². The largest absolute Gasteiger partial charge is 0.472 e. The number of hydrogen-bond donors (Lipinski definition) is 1. The molecule has 0 aliphatic rings. The normalized spacial score (nSPS) is 12.6. The molecule has 2 rings (SSSR count). The van der Waals surface area contributed by atoms with Crippen LogP contribution in [0.4, 0.5) is 0 Å². The van der Waals surface area contributed by atoms with Crippen molar-refractivity contribution in [3.05, 3.63) is 58.0 Å². The van der Waals surface area contributed by atoms with E-state index in [9.17, 15) is 0 Å². The molecular weight excluding hydrogens is 269 g/mol. The smallest absolute Gasteiger partial charge is 0.0953 e. The minimum atomic E-state index is -0.0371. The van der Waals surface area contributed by atoms with Crippen LogP contribution in [0, 0.1) is 0 Å². The van der Waals surface area contributed by atoms with Crippen LogP contribution in [0.15, 0.2) is 41.2 Å². The first-order chi connectivity index (χ1) is 8.74. The number of nitrogens with one attached hydrogen (secondary N) is 1. The molecule has 0 bridgehead atoms. The van der Waals surface area contributed by atoms with Gasteiger partial charge in [0.1, 0.15) is 0 Å². The Balaban J connectivity index is 2.40. The van der Waals surface area contributed by atoms with Crippen molar-refractivity contribution in [1.82, 2.24) is 5.32 Å². The van der Waals surface area contributed by atoms with Crippen molar-refractivity contribution in [3.63, 3.8) is 0 Å². The summed E-state index contributed by atoms with van der Waals surface area (Å²) in [7, 11) is 0. The fourth-order valence-electron chi connectivity index (χ4n) is 1.90. The average molecular weight is 284 g/mol. The molecule has 96 valence electrons. The molecule has 1 atom stereocenters.